The number of amides is 2. The molecule has 0 radical (unpaired) electrons. The zero-order valence-electron chi connectivity index (χ0n) is 18.6. The number of nitrogens with one attached hydrogen (secondary N) is 1. The van der Waals surface area contributed by atoms with Crippen molar-refractivity contribution in [3.05, 3.63) is 57.6 Å². The van der Waals surface area contributed by atoms with Crippen molar-refractivity contribution >= 4 is 28.9 Å². The van der Waals surface area contributed by atoms with Crippen molar-refractivity contribution in [3.8, 4) is 23.3 Å². The van der Waals surface area contributed by atoms with Gasteiger partial charge in [0.1, 0.15) is 24.2 Å². The number of nitrogens with zero attached hydrogens (tertiary/aromatic N) is 3. The predicted molar refractivity (Wildman–Crippen MR) is 120 cm³/mol. The van der Waals surface area contributed by atoms with E-state index in [-0.39, 0.29) is 30.4 Å². The molecule has 2 aromatic rings. The Morgan fingerprint density at radius 2 is 2.00 bits per heavy atom. The lowest BCUT2D eigenvalue weighted by atomic mass is 10.1. The van der Waals surface area contributed by atoms with Gasteiger partial charge in [0.25, 0.3) is 5.91 Å². The summed E-state index contributed by atoms with van der Waals surface area (Å²) in [5.74, 6) is -2.55. The van der Waals surface area contributed by atoms with E-state index in [0.717, 1.165) is 24.1 Å². The van der Waals surface area contributed by atoms with Gasteiger partial charge in [-0.3, -0.25) is 19.7 Å². The number of aliphatic hydroxyl groups excluding tert-OH is 1. The molecule has 2 aromatic carbocycles. The number of ether oxygens (including phenoxy) is 2. The van der Waals surface area contributed by atoms with E-state index in [1.54, 1.807) is 30.3 Å². The molecule has 2 rings (SSSR count). The van der Waals surface area contributed by atoms with Gasteiger partial charge in [0.2, 0.25) is 11.7 Å². The maximum Gasteiger partial charge on any atom is 0.315 e. The summed E-state index contributed by atoms with van der Waals surface area (Å²) in [5.41, 5.74) is -1.16. The molecule has 2 amide bonds. The SMILES string of the molecule is COc1cc(/C(O)=C(\C#N)C(=O)N(C)CCOc2cccc(NC(C)=O)c2)cc([N+](=O)[O-])c1O. The zero-order valence-corrected chi connectivity index (χ0v) is 18.6. The van der Waals surface area contributed by atoms with Crippen molar-refractivity contribution in [2.24, 2.45) is 0 Å². The van der Waals surface area contributed by atoms with E-state index >= 15 is 0 Å². The molecule has 12 heteroatoms. The number of nitriles is 1. The molecular formula is C22H22N4O8. The Balaban J connectivity index is 2.18. The number of methoxy groups -OCH3 is 1. The minimum absolute atomic E-state index is 0.0285. The monoisotopic (exact) mass is 470 g/mol. The van der Waals surface area contributed by atoms with E-state index in [0.29, 0.717) is 11.4 Å². The van der Waals surface area contributed by atoms with E-state index in [1.165, 1.54) is 14.0 Å². The van der Waals surface area contributed by atoms with Crippen molar-refractivity contribution < 1.29 is 34.2 Å². The van der Waals surface area contributed by atoms with Crippen LogP contribution >= 0.6 is 0 Å². The second-order valence-electron chi connectivity index (χ2n) is 6.92. The van der Waals surface area contributed by atoms with Gasteiger partial charge in [-0.1, -0.05) is 6.07 Å². The molecule has 0 aliphatic heterocycles. The summed E-state index contributed by atoms with van der Waals surface area (Å²) in [4.78, 5) is 35.3. The Hall–Kier alpha value is -4.79. The molecule has 0 unspecified atom stereocenters. The summed E-state index contributed by atoms with van der Waals surface area (Å²) < 4.78 is 10.4. The molecule has 178 valence electrons. The number of aliphatic hydroxyl groups is 1. The quantitative estimate of drug-likeness (QED) is 0.163. The van der Waals surface area contributed by atoms with Crippen LogP contribution in [0.1, 0.15) is 12.5 Å². The summed E-state index contributed by atoms with van der Waals surface area (Å²) >= 11 is 0. The molecule has 0 bridgehead atoms. The maximum absolute atomic E-state index is 12.7. The summed E-state index contributed by atoms with van der Waals surface area (Å²) in [5, 5.41) is 43.6. The molecule has 0 atom stereocenters. The van der Waals surface area contributed by atoms with Gasteiger partial charge in [0.15, 0.2) is 11.3 Å². The van der Waals surface area contributed by atoms with Gasteiger partial charge in [-0.2, -0.15) is 5.26 Å². The number of nitro groups is 1. The van der Waals surface area contributed by atoms with Gasteiger partial charge in [0, 0.05) is 37.4 Å². The summed E-state index contributed by atoms with van der Waals surface area (Å²) in [6.45, 7) is 1.43. The predicted octanol–water partition coefficient (Wildman–Crippen LogP) is 2.60. The summed E-state index contributed by atoms with van der Waals surface area (Å²) in [6.07, 6.45) is 0. The molecule has 0 saturated carbocycles. The fourth-order valence-corrected chi connectivity index (χ4v) is 2.83. The number of phenolic OH excluding ortho intramolecular Hbond substituents is 1. The molecule has 0 aromatic heterocycles. The fourth-order valence-electron chi connectivity index (χ4n) is 2.83. The fraction of sp³-hybridized carbons (Fsp3) is 0.227. The number of anilines is 1. The first kappa shape index (κ1) is 25.5. The minimum Gasteiger partial charge on any atom is -0.506 e. The average Bonchev–Trinajstić information content (AvgIpc) is 2.79. The number of hydrogen-bond donors (Lipinski definition) is 3. The topological polar surface area (TPSA) is 175 Å². The number of likely N-dealkylation sites (N-methyl/N-ethyl adjacent to an activating group) is 1. The molecule has 12 nitrogen and oxygen atoms in total. The van der Waals surface area contributed by atoms with Gasteiger partial charge in [-0.25, -0.2) is 0 Å². The van der Waals surface area contributed by atoms with Gasteiger partial charge >= 0.3 is 5.69 Å². The average molecular weight is 470 g/mol. The van der Waals surface area contributed by atoms with Crippen LogP contribution in [0.5, 0.6) is 17.2 Å². The standard InChI is InChI=1S/C22H22N4O8/c1-13(27)24-15-5-4-6-16(11-15)34-8-7-25(2)22(30)17(12-23)20(28)14-9-18(26(31)32)21(29)19(10-14)33-3/h4-6,9-11,28-29H,7-8H2,1-3H3,(H,24,27)/b20-17-. The number of phenols is 1. The molecule has 0 heterocycles. The normalized spacial score (nSPS) is 11.0. The van der Waals surface area contributed by atoms with Gasteiger partial charge in [0.05, 0.1) is 18.6 Å². The van der Waals surface area contributed by atoms with Crippen LogP contribution in [-0.4, -0.2) is 59.2 Å². The first-order valence-electron chi connectivity index (χ1n) is 9.74. The lowest BCUT2D eigenvalue weighted by molar-refractivity contribution is -0.386. The molecule has 3 N–H and O–H groups in total. The van der Waals surface area contributed by atoms with Gasteiger partial charge < -0.3 is 29.9 Å². The van der Waals surface area contributed by atoms with E-state index in [2.05, 4.69) is 5.32 Å². The Morgan fingerprint density at radius 1 is 1.29 bits per heavy atom. The lowest BCUT2D eigenvalue weighted by Crippen LogP contribution is -2.32. The van der Waals surface area contributed by atoms with E-state index < -0.39 is 33.6 Å². The van der Waals surface area contributed by atoms with E-state index in [4.69, 9.17) is 9.47 Å². The number of rotatable bonds is 9. The number of benzene rings is 2. The van der Waals surface area contributed by atoms with Crippen LogP contribution in [0.15, 0.2) is 42.0 Å². The number of aromatic hydroxyl groups is 1. The molecule has 0 aliphatic rings. The molecule has 0 saturated heterocycles. The van der Waals surface area contributed by atoms with Crippen LogP contribution < -0.4 is 14.8 Å². The van der Waals surface area contributed by atoms with Crippen LogP contribution in [0.3, 0.4) is 0 Å². The van der Waals surface area contributed by atoms with Crippen molar-refractivity contribution in [3.63, 3.8) is 0 Å². The summed E-state index contributed by atoms with van der Waals surface area (Å²) in [7, 11) is 2.53. The number of carbonyl (C=O) groups excluding carboxylic acids is 2. The molecule has 0 fully saturated rings. The highest BCUT2D eigenvalue weighted by Crippen LogP contribution is 2.38. The highest BCUT2D eigenvalue weighted by molar-refractivity contribution is 6.03. The van der Waals surface area contributed by atoms with Crippen LogP contribution in [0.25, 0.3) is 5.76 Å². The number of hydrogen-bond acceptors (Lipinski definition) is 9. The lowest BCUT2D eigenvalue weighted by Gasteiger charge is -2.18. The Labute approximate surface area is 194 Å². The minimum atomic E-state index is -0.896. The van der Waals surface area contributed by atoms with Gasteiger partial charge in [-0.05, 0) is 18.2 Å². The van der Waals surface area contributed by atoms with Gasteiger partial charge in [-0.15, -0.1) is 0 Å². The Morgan fingerprint density at radius 3 is 2.59 bits per heavy atom. The summed E-state index contributed by atoms with van der Waals surface area (Å²) in [6, 6.07) is 10.1. The van der Waals surface area contributed by atoms with Crippen LogP contribution in [-0.2, 0) is 9.59 Å². The zero-order chi connectivity index (χ0) is 25.4. The van der Waals surface area contributed by atoms with E-state index in [9.17, 15) is 35.2 Å². The first-order chi connectivity index (χ1) is 16.1. The van der Waals surface area contributed by atoms with Crippen molar-refractivity contribution in [1.29, 1.82) is 5.26 Å². The maximum atomic E-state index is 12.7. The number of nitro benzene ring substituents is 1. The van der Waals surface area contributed by atoms with Crippen molar-refractivity contribution in [1.82, 2.24) is 4.90 Å². The first-order valence-corrected chi connectivity index (χ1v) is 9.74. The third-order valence-electron chi connectivity index (χ3n) is 4.50. The number of carbonyl (C=O) groups is 2. The molecular weight excluding hydrogens is 448 g/mol. The van der Waals surface area contributed by atoms with Crippen molar-refractivity contribution in [2.75, 3.05) is 32.6 Å². The third kappa shape index (κ3) is 6.13. The van der Waals surface area contributed by atoms with Crippen molar-refractivity contribution in [2.45, 2.75) is 6.92 Å². The second kappa shape index (κ2) is 11.2. The Kier molecular flexibility index (Phi) is 8.38. The highest BCUT2D eigenvalue weighted by Gasteiger charge is 2.25. The Bertz CT molecular complexity index is 1190. The second-order valence-corrected chi connectivity index (χ2v) is 6.92. The van der Waals surface area contributed by atoms with Crippen LogP contribution in [0, 0.1) is 21.4 Å². The third-order valence-corrected chi connectivity index (χ3v) is 4.50. The van der Waals surface area contributed by atoms with Crippen LogP contribution in [0.2, 0.25) is 0 Å². The molecule has 34 heavy (non-hydrogen) atoms. The molecule has 0 spiro atoms. The van der Waals surface area contributed by atoms with Crippen LogP contribution in [0.4, 0.5) is 11.4 Å². The highest BCUT2D eigenvalue weighted by atomic mass is 16.6. The smallest absolute Gasteiger partial charge is 0.315 e. The largest absolute Gasteiger partial charge is 0.506 e. The molecule has 0 aliphatic carbocycles. The van der Waals surface area contributed by atoms with E-state index in [1.807, 2.05) is 0 Å².